The van der Waals surface area contributed by atoms with Crippen molar-refractivity contribution in [1.29, 1.82) is 0 Å². The molecule has 0 aliphatic heterocycles. The number of nitrogens with one attached hydrogen (secondary N) is 2. The van der Waals surface area contributed by atoms with Crippen LogP contribution in [0, 0.1) is 6.92 Å². The third kappa shape index (κ3) is 2.75. The van der Waals surface area contributed by atoms with Crippen LogP contribution in [-0.2, 0) is 13.1 Å². The molecule has 20 heavy (non-hydrogen) atoms. The average molecular weight is 269 g/mol. The van der Waals surface area contributed by atoms with Crippen LogP contribution in [0.1, 0.15) is 17.0 Å². The van der Waals surface area contributed by atoms with Crippen molar-refractivity contribution in [2.75, 3.05) is 0 Å². The number of hydrogen-bond donors (Lipinski definition) is 2. The van der Waals surface area contributed by atoms with Crippen molar-refractivity contribution < 1.29 is 4.42 Å². The second-order valence-electron chi connectivity index (χ2n) is 4.50. The summed E-state index contributed by atoms with van der Waals surface area (Å²) in [4.78, 5) is 0. The van der Waals surface area contributed by atoms with Gasteiger partial charge in [-0.3, -0.25) is 5.10 Å². The van der Waals surface area contributed by atoms with Crippen LogP contribution in [0.15, 0.2) is 41.1 Å². The lowest BCUT2D eigenvalue weighted by molar-refractivity contribution is 0.545. The Labute approximate surface area is 116 Å². The molecule has 0 spiro atoms. The second-order valence-corrected chi connectivity index (χ2v) is 4.50. The molecule has 0 saturated carbocycles. The van der Waals surface area contributed by atoms with Gasteiger partial charge in [-0.05, 0) is 31.2 Å². The summed E-state index contributed by atoms with van der Waals surface area (Å²) in [5.41, 5.74) is 2.87. The first kappa shape index (κ1) is 12.6. The van der Waals surface area contributed by atoms with Gasteiger partial charge >= 0.3 is 0 Å². The minimum atomic E-state index is 0.662. The molecule has 3 aromatic heterocycles. The number of aromatic nitrogens is 4. The Morgan fingerprint density at radius 3 is 2.95 bits per heavy atom. The van der Waals surface area contributed by atoms with Gasteiger partial charge in [-0.15, -0.1) is 0 Å². The van der Waals surface area contributed by atoms with Gasteiger partial charge in [-0.2, -0.15) is 15.3 Å². The van der Waals surface area contributed by atoms with E-state index in [9.17, 15) is 0 Å². The molecule has 0 unspecified atom stereocenters. The summed E-state index contributed by atoms with van der Waals surface area (Å²) in [5, 5.41) is 18.2. The number of hydrogen-bond acceptors (Lipinski definition) is 5. The summed E-state index contributed by atoms with van der Waals surface area (Å²) < 4.78 is 5.61. The number of aromatic amines is 1. The Hall–Kier alpha value is -2.47. The van der Waals surface area contributed by atoms with E-state index in [-0.39, 0.29) is 0 Å². The molecule has 3 aromatic rings. The van der Waals surface area contributed by atoms with E-state index in [2.05, 4.69) is 25.7 Å². The molecular formula is C14H15N5O. The van der Waals surface area contributed by atoms with Gasteiger partial charge in [0.25, 0.3) is 0 Å². The Balaban J connectivity index is 1.65. The molecule has 102 valence electrons. The molecule has 6 nitrogen and oxygen atoms in total. The highest BCUT2D eigenvalue weighted by atomic mass is 16.3. The fourth-order valence-electron chi connectivity index (χ4n) is 1.98. The van der Waals surface area contributed by atoms with Gasteiger partial charge < -0.3 is 9.73 Å². The molecule has 0 radical (unpaired) electrons. The van der Waals surface area contributed by atoms with Gasteiger partial charge in [0, 0.05) is 24.8 Å². The van der Waals surface area contributed by atoms with Crippen molar-refractivity contribution in [2.45, 2.75) is 20.0 Å². The Kier molecular flexibility index (Phi) is 3.56. The topological polar surface area (TPSA) is 79.6 Å². The van der Waals surface area contributed by atoms with Gasteiger partial charge in [0.15, 0.2) is 5.76 Å². The van der Waals surface area contributed by atoms with Crippen LogP contribution in [-0.4, -0.2) is 20.4 Å². The van der Waals surface area contributed by atoms with E-state index in [1.165, 1.54) is 0 Å². The predicted molar refractivity (Wildman–Crippen MR) is 73.6 cm³/mol. The Bertz CT molecular complexity index is 674. The van der Waals surface area contributed by atoms with E-state index in [0.29, 0.717) is 13.1 Å². The fourth-order valence-corrected chi connectivity index (χ4v) is 1.98. The molecule has 0 aromatic carbocycles. The minimum absolute atomic E-state index is 0.662. The first-order chi connectivity index (χ1) is 9.83. The molecule has 2 N–H and O–H groups in total. The van der Waals surface area contributed by atoms with E-state index in [0.717, 1.165) is 28.5 Å². The number of rotatable bonds is 5. The van der Waals surface area contributed by atoms with Crippen LogP contribution < -0.4 is 5.32 Å². The third-order valence-corrected chi connectivity index (χ3v) is 2.95. The summed E-state index contributed by atoms with van der Waals surface area (Å²) in [5.74, 6) is 1.68. The van der Waals surface area contributed by atoms with Crippen LogP contribution in [0.2, 0.25) is 0 Å². The molecule has 0 aliphatic rings. The maximum Gasteiger partial charge on any atom is 0.152 e. The van der Waals surface area contributed by atoms with Crippen molar-refractivity contribution in [3.8, 4) is 11.5 Å². The van der Waals surface area contributed by atoms with Gasteiger partial charge in [-0.25, -0.2) is 0 Å². The molecule has 0 fully saturated rings. The normalized spacial score (nSPS) is 10.8. The zero-order chi connectivity index (χ0) is 13.8. The lowest BCUT2D eigenvalue weighted by Gasteiger charge is -2.03. The van der Waals surface area contributed by atoms with Crippen LogP contribution >= 0.6 is 0 Å². The molecule has 6 heteroatoms. The number of H-pyrrole nitrogens is 1. The average Bonchev–Trinajstić information content (AvgIpc) is 3.09. The first-order valence-electron chi connectivity index (χ1n) is 6.39. The smallest absolute Gasteiger partial charge is 0.152 e. The van der Waals surface area contributed by atoms with Crippen molar-refractivity contribution in [1.82, 2.24) is 25.7 Å². The first-order valence-corrected chi connectivity index (χ1v) is 6.39. The van der Waals surface area contributed by atoms with E-state index in [4.69, 9.17) is 4.42 Å². The predicted octanol–water partition coefficient (Wildman–Crippen LogP) is 2.06. The molecule has 3 rings (SSSR count). The fraction of sp³-hybridized carbons (Fsp3) is 0.214. The van der Waals surface area contributed by atoms with E-state index in [1.807, 2.05) is 31.2 Å². The second kappa shape index (κ2) is 5.66. The summed E-state index contributed by atoms with van der Waals surface area (Å²) in [7, 11) is 0. The quantitative estimate of drug-likeness (QED) is 0.741. The molecule has 0 saturated heterocycles. The standard InChI is InChI=1S/C14H15N5O/c1-10-4-5-13(20-10)14-11(8-17-19-14)7-15-9-12-3-2-6-16-18-12/h2-6,8,15H,7,9H2,1H3,(H,17,19). The van der Waals surface area contributed by atoms with Crippen molar-refractivity contribution in [2.24, 2.45) is 0 Å². The SMILES string of the molecule is Cc1ccc(-c2[nH]ncc2CNCc2cccnn2)o1. The zero-order valence-corrected chi connectivity index (χ0v) is 11.1. The van der Waals surface area contributed by atoms with E-state index >= 15 is 0 Å². The zero-order valence-electron chi connectivity index (χ0n) is 11.1. The third-order valence-electron chi connectivity index (χ3n) is 2.95. The van der Waals surface area contributed by atoms with Crippen LogP contribution in [0.4, 0.5) is 0 Å². The summed E-state index contributed by atoms with van der Waals surface area (Å²) in [6.07, 6.45) is 3.47. The maximum atomic E-state index is 5.61. The molecule has 0 aliphatic carbocycles. The van der Waals surface area contributed by atoms with Crippen LogP contribution in [0.25, 0.3) is 11.5 Å². The number of nitrogens with zero attached hydrogens (tertiary/aromatic N) is 3. The van der Waals surface area contributed by atoms with Gasteiger partial charge in [0.05, 0.1) is 11.9 Å². The molecular weight excluding hydrogens is 254 g/mol. The number of furan rings is 1. The lowest BCUT2D eigenvalue weighted by Crippen LogP contribution is -2.14. The van der Waals surface area contributed by atoms with E-state index in [1.54, 1.807) is 12.4 Å². The molecule has 0 atom stereocenters. The largest absolute Gasteiger partial charge is 0.460 e. The van der Waals surface area contributed by atoms with Gasteiger partial charge in [-0.1, -0.05) is 0 Å². The highest BCUT2D eigenvalue weighted by Gasteiger charge is 2.10. The molecule has 0 amide bonds. The highest BCUT2D eigenvalue weighted by Crippen LogP contribution is 2.23. The van der Waals surface area contributed by atoms with Gasteiger partial charge in [0.1, 0.15) is 11.5 Å². The summed E-state index contributed by atoms with van der Waals surface area (Å²) >= 11 is 0. The summed E-state index contributed by atoms with van der Waals surface area (Å²) in [6.45, 7) is 3.27. The maximum absolute atomic E-state index is 5.61. The van der Waals surface area contributed by atoms with Gasteiger partial charge in [0.2, 0.25) is 0 Å². The molecule has 0 bridgehead atoms. The number of aryl methyl sites for hydroxylation is 1. The van der Waals surface area contributed by atoms with Crippen molar-refractivity contribution in [3.05, 3.63) is 53.7 Å². The Morgan fingerprint density at radius 1 is 1.25 bits per heavy atom. The van der Waals surface area contributed by atoms with Crippen LogP contribution in [0.3, 0.4) is 0 Å². The van der Waals surface area contributed by atoms with E-state index < -0.39 is 0 Å². The van der Waals surface area contributed by atoms with Crippen LogP contribution in [0.5, 0.6) is 0 Å². The van der Waals surface area contributed by atoms with Crippen molar-refractivity contribution >= 4 is 0 Å². The summed E-state index contributed by atoms with van der Waals surface area (Å²) in [6, 6.07) is 7.69. The highest BCUT2D eigenvalue weighted by molar-refractivity contribution is 5.56. The monoisotopic (exact) mass is 269 g/mol. The van der Waals surface area contributed by atoms with Crippen molar-refractivity contribution in [3.63, 3.8) is 0 Å². The Morgan fingerprint density at radius 2 is 2.20 bits per heavy atom. The lowest BCUT2D eigenvalue weighted by atomic mass is 10.2. The molecule has 3 heterocycles. The minimum Gasteiger partial charge on any atom is -0.460 e.